The quantitative estimate of drug-likeness (QED) is 0.482. The van der Waals surface area contributed by atoms with Crippen molar-refractivity contribution in [3.05, 3.63) is 65.7 Å². The van der Waals surface area contributed by atoms with E-state index in [-0.39, 0.29) is 24.5 Å². The van der Waals surface area contributed by atoms with Crippen molar-refractivity contribution in [3.63, 3.8) is 0 Å². The molecule has 3 aromatic rings. The van der Waals surface area contributed by atoms with E-state index >= 15 is 0 Å². The molecule has 0 spiro atoms. The first-order valence-corrected chi connectivity index (χ1v) is 10.6. The van der Waals surface area contributed by atoms with Crippen LogP contribution in [0.25, 0.3) is 5.69 Å². The van der Waals surface area contributed by atoms with Gasteiger partial charge in [0.25, 0.3) is 5.91 Å². The highest BCUT2D eigenvalue weighted by atomic mass is 35.5. The summed E-state index contributed by atoms with van der Waals surface area (Å²) < 4.78 is 7.08. The molecule has 1 saturated heterocycles. The van der Waals surface area contributed by atoms with Crippen molar-refractivity contribution in [1.29, 1.82) is 0 Å². The predicted molar refractivity (Wildman–Crippen MR) is 121 cm³/mol. The van der Waals surface area contributed by atoms with Crippen molar-refractivity contribution < 1.29 is 14.3 Å². The summed E-state index contributed by atoms with van der Waals surface area (Å²) >= 11 is 6.10. The fourth-order valence-electron chi connectivity index (χ4n) is 3.45. The molecular formula is C22H23ClN6O3. The van der Waals surface area contributed by atoms with E-state index in [1.165, 1.54) is 17.3 Å². The molecule has 4 rings (SSSR count). The highest BCUT2D eigenvalue weighted by Crippen LogP contribution is 2.24. The monoisotopic (exact) mass is 454 g/mol. The first-order chi connectivity index (χ1) is 15.6. The number of hydrogen-bond acceptors (Lipinski definition) is 6. The van der Waals surface area contributed by atoms with Crippen molar-refractivity contribution in [2.45, 2.75) is 18.9 Å². The van der Waals surface area contributed by atoms with E-state index in [9.17, 15) is 9.59 Å². The summed E-state index contributed by atoms with van der Waals surface area (Å²) in [4.78, 5) is 29.2. The van der Waals surface area contributed by atoms with Gasteiger partial charge in [0.05, 0.1) is 29.6 Å². The van der Waals surface area contributed by atoms with Crippen molar-refractivity contribution in [2.75, 3.05) is 30.3 Å². The van der Waals surface area contributed by atoms with Gasteiger partial charge in [0, 0.05) is 23.9 Å². The van der Waals surface area contributed by atoms with E-state index in [0.29, 0.717) is 34.2 Å². The lowest BCUT2D eigenvalue weighted by atomic mass is 10.1. The number of anilines is 2. The Labute approximate surface area is 190 Å². The van der Waals surface area contributed by atoms with Crippen molar-refractivity contribution in [2.24, 2.45) is 0 Å². The first kappa shape index (κ1) is 21.8. The molecule has 1 aromatic heterocycles. The summed E-state index contributed by atoms with van der Waals surface area (Å²) in [6.07, 6.45) is 4.95. The van der Waals surface area contributed by atoms with Crippen molar-refractivity contribution >= 4 is 34.8 Å². The lowest BCUT2D eigenvalue weighted by Crippen LogP contribution is -2.32. The number of benzene rings is 2. The number of nitrogens with one attached hydrogen (secondary N) is 3. The smallest absolute Gasteiger partial charge is 0.253 e. The molecule has 0 saturated carbocycles. The Morgan fingerprint density at radius 1 is 1.19 bits per heavy atom. The van der Waals surface area contributed by atoms with Gasteiger partial charge in [-0.3, -0.25) is 9.59 Å². The number of ether oxygens (including phenoxy) is 1. The summed E-state index contributed by atoms with van der Waals surface area (Å²) in [6, 6.07) is 12.1. The van der Waals surface area contributed by atoms with Gasteiger partial charge < -0.3 is 20.7 Å². The number of amides is 2. The van der Waals surface area contributed by atoms with Gasteiger partial charge in [-0.1, -0.05) is 23.7 Å². The molecule has 10 heteroatoms. The van der Waals surface area contributed by atoms with Crippen LogP contribution >= 0.6 is 11.6 Å². The molecule has 0 aliphatic carbocycles. The largest absolute Gasteiger partial charge is 0.376 e. The number of para-hydroxylation sites is 1. The zero-order valence-corrected chi connectivity index (χ0v) is 18.0. The molecule has 0 radical (unpaired) electrons. The third-order valence-corrected chi connectivity index (χ3v) is 5.26. The second kappa shape index (κ2) is 10.3. The van der Waals surface area contributed by atoms with E-state index in [0.717, 1.165) is 19.4 Å². The number of carbonyl (C=O) groups excluding carboxylic acids is 2. The number of hydrogen-bond donors (Lipinski definition) is 3. The van der Waals surface area contributed by atoms with Gasteiger partial charge >= 0.3 is 0 Å². The van der Waals surface area contributed by atoms with Gasteiger partial charge in [-0.25, -0.2) is 9.67 Å². The highest BCUT2D eigenvalue weighted by Gasteiger charge is 2.18. The van der Waals surface area contributed by atoms with Gasteiger partial charge in [0.2, 0.25) is 5.91 Å². The molecule has 166 valence electrons. The molecule has 2 heterocycles. The molecule has 1 unspecified atom stereocenters. The van der Waals surface area contributed by atoms with Crippen LogP contribution in [0.4, 0.5) is 11.4 Å². The molecule has 0 bridgehead atoms. The Kier molecular flexibility index (Phi) is 6.98. The maximum atomic E-state index is 12.6. The van der Waals surface area contributed by atoms with E-state index in [2.05, 4.69) is 26.0 Å². The number of halogens is 1. The Hall–Kier alpha value is -3.43. The first-order valence-electron chi connectivity index (χ1n) is 10.3. The summed E-state index contributed by atoms with van der Waals surface area (Å²) in [6.45, 7) is 1.16. The molecule has 32 heavy (non-hydrogen) atoms. The van der Waals surface area contributed by atoms with Crippen LogP contribution in [-0.2, 0) is 9.53 Å². The Balaban J connectivity index is 1.39. The molecule has 2 amide bonds. The van der Waals surface area contributed by atoms with E-state index in [1.54, 1.807) is 42.5 Å². The number of rotatable bonds is 8. The summed E-state index contributed by atoms with van der Waals surface area (Å²) in [7, 11) is 0. The molecular weight excluding hydrogens is 432 g/mol. The molecule has 1 atom stereocenters. The van der Waals surface area contributed by atoms with Crippen LogP contribution in [0.1, 0.15) is 23.2 Å². The third-order valence-electron chi connectivity index (χ3n) is 5.02. The second-order valence-corrected chi connectivity index (χ2v) is 7.73. The zero-order chi connectivity index (χ0) is 22.3. The van der Waals surface area contributed by atoms with Gasteiger partial charge in [-0.15, -0.1) is 0 Å². The molecule has 2 aromatic carbocycles. The minimum atomic E-state index is -0.303. The standard InChI is InChI=1S/C22H23ClN6O3/c23-15-7-8-20(29-14-24-13-27-29)19(10-15)28-21(30)12-25-18-6-2-1-5-17(18)22(31)26-11-16-4-3-9-32-16/h1-2,5-8,10,13-14,16,25H,3-4,9,11-12H2,(H,26,31)(H,28,30). The van der Waals surface area contributed by atoms with Crippen LogP contribution in [0.2, 0.25) is 5.02 Å². The lowest BCUT2D eigenvalue weighted by Gasteiger charge is -2.15. The average Bonchev–Trinajstić information content (AvgIpc) is 3.51. The van der Waals surface area contributed by atoms with Crippen LogP contribution in [0.5, 0.6) is 0 Å². The van der Waals surface area contributed by atoms with Gasteiger partial charge in [0.15, 0.2) is 0 Å². The van der Waals surface area contributed by atoms with Crippen LogP contribution in [0.15, 0.2) is 55.1 Å². The van der Waals surface area contributed by atoms with Crippen molar-refractivity contribution in [3.8, 4) is 5.69 Å². The second-order valence-electron chi connectivity index (χ2n) is 7.29. The van der Waals surface area contributed by atoms with E-state index in [1.807, 2.05) is 0 Å². The van der Waals surface area contributed by atoms with Crippen molar-refractivity contribution in [1.82, 2.24) is 20.1 Å². The fraction of sp³-hybridized carbons (Fsp3) is 0.273. The fourth-order valence-corrected chi connectivity index (χ4v) is 3.63. The Morgan fingerprint density at radius 3 is 2.84 bits per heavy atom. The van der Waals surface area contributed by atoms with Crippen LogP contribution < -0.4 is 16.0 Å². The Morgan fingerprint density at radius 2 is 2.06 bits per heavy atom. The minimum absolute atomic E-state index is 0.0423. The van der Waals surface area contributed by atoms with E-state index in [4.69, 9.17) is 16.3 Å². The van der Waals surface area contributed by atoms with Crippen LogP contribution in [0, 0.1) is 0 Å². The predicted octanol–water partition coefficient (Wildman–Crippen LogP) is 2.88. The normalized spacial score (nSPS) is 15.3. The molecule has 1 aliphatic heterocycles. The number of aromatic nitrogens is 3. The summed E-state index contributed by atoms with van der Waals surface area (Å²) in [5.74, 6) is -0.518. The lowest BCUT2D eigenvalue weighted by molar-refractivity contribution is -0.114. The van der Waals surface area contributed by atoms with Crippen LogP contribution in [-0.4, -0.2) is 52.4 Å². The van der Waals surface area contributed by atoms with E-state index < -0.39 is 0 Å². The summed E-state index contributed by atoms with van der Waals surface area (Å²) in [5, 5.41) is 13.3. The maximum Gasteiger partial charge on any atom is 0.253 e. The maximum absolute atomic E-state index is 12.6. The highest BCUT2D eigenvalue weighted by molar-refractivity contribution is 6.31. The third kappa shape index (κ3) is 5.43. The molecule has 1 fully saturated rings. The minimum Gasteiger partial charge on any atom is -0.376 e. The molecule has 3 N–H and O–H groups in total. The molecule has 9 nitrogen and oxygen atoms in total. The number of carbonyl (C=O) groups is 2. The van der Waals surface area contributed by atoms with Gasteiger partial charge in [-0.05, 0) is 43.2 Å². The summed E-state index contributed by atoms with van der Waals surface area (Å²) in [5.41, 5.74) is 2.16. The van der Waals surface area contributed by atoms with Gasteiger partial charge in [-0.2, -0.15) is 5.10 Å². The van der Waals surface area contributed by atoms with Crippen LogP contribution in [0.3, 0.4) is 0 Å². The Bertz CT molecular complexity index is 1080. The van der Waals surface area contributed by atoms with Gasteiger partial charge in [0.1, 0.15) is 12.7 Å². The number of nitrogens with zero attached hydrogens (tertiary/aromatic N) is 3. The topological polar surface area (TPSA) is 110 Å². The SMILES string of the molecule is O=C(CNc1ccccc1C(=O)NCC1CCCO1)Nc1cc(Cl)ccc1-n1cncn1. The zero-order valence-electron chi connectivity index (χ0n) is 17.3. The molecule has 1 aliphatic rings. The average molecular weight is 455 g/mol.